The van der Waals surface area contributed by atoms with Crippen molar-refractivity contribution in [1.29, 1.82) is 0 Å². The Kier molecular flexibility index (Phi) is 3.24. The molecule has 0 saturated carbocycles. The topological polar surface area (TPSA) is 18.5 Å². The molecule has 1 aliphatic heterocycles. The number of halogens is 2. The zero-order chi connectivity index (χ0) is 10.1. The molecule has 1 saturated heterocycles. The van der Waals surface area contributed by atoms with Gasteiger partial charge in [-0.15, -0.1) is 0 Å². The molecule has 13 heavy (non-hydrogen) atoms. The zero-order valence-electron chi connectivity index (χ0n) is 8.22. The second-order valence-corrected chi connectivity index (χ2v) is 3.50. The van der Waals surface area contributed by atoms with Gasteiger partial charge < -0.3 is 9.47 Å². The van der Waals surface area contributed by atoms with Crippen LogP contribution in [0, 0.1) is 5.92 Å². The molecule has 0 amide bonds. The van der Waals surface area contributed by atoms with Gasteiger partial charge in [0.25, 0.3) is 0 Å². The van der Waals surface area contributed by atoms with Crippen molar-refractivity contribution in [3.8, 4) is 0 Å². The molecule has 1 heterocycles. The Bertz CT molecular complexity index is 173. The van der Waals surface area contributed by atoms with Crippen LogP contribution in [0.25, 0.3) is 0 Å². The highest BCUT2D eigenvalue weighted by Gasteiger charge is 2.55. The van der Waals surface area contributed by atoms with Gasteiger partial charge in [0, 0.05) is 13.0 Å². The lowest BCUT2D eigenvalue weighted by Crippen LogP contribution is -2.42. The standard InChI is InChI=1S/C9H16F2O2/c1-4-7-6(2)9(11,5-10)8(12-3)13-7/h6-8H,4-5H2,1-3H3/t6-,7+,8+,9?/m0/s1. The third-order valence-corrected chi connectivity index (χ3v) is 2.83. The summed E-state index contributed by atoms with van der Waals surface area (Å²) in [4.78, 5) is 0. The van der Waals surface area contributed by atoms with Gasteiger partial charge in [-0.25, -0.2) is 8.78 Å². The minimum absolute atomic E-state index is 0.245. The third kappa shape index (κ3) is 1.57. The predicted octanol–water partition coefficient (Wildman–Crippen LogP) is 2.08. The summed E-state index contributed by atoms with van der Waals surface area (Å²) in [5.74, 6) is -0.451. The van der Waals surface area contributed by atoms with E-state index in [1.807, 2.05) is 6.92 Å². The van der Waals surface area contributed by atoms with E-state index in [4.69, 9.17) is 9.47 Å². The Morgan fingerprint density at radius 2 is 2.15 bits per heavy atom. The van der Waals surface area contributed by atoms with E-state index in [-0.39, 0.29) is 6.10 Å². The van der Waals surface area contributed by atoms with Crippen LogP contribution < -0.4 is 0 Å². The van der Waals surface area contributed by atoms with E-state index in [1.54, 1.807) is 6.92 Å². The van der Waals surface area contributed by atoms with Gasteiger partial charge in [-0.1, -0.05) is 13.8 Å². The molecule has 0 aromatic carbocycles. The first-order valence-electron chi connectivity index (χ1n) is 4.53. The molecule has 78 valence electrons. The first-order chi connectivity index (χ1) is 6.10. The molecule has 0 radical (unpaired) electrons. The monoisotopic (exact) mass is 194 g/mol. The van der Waals surface area contributed by atoms with Crippen LogP contribution in [-0.4, -0.2) is 31.8 Å². The molecule has 2 nitrogen and oxygen atoms in total. The van der Waals surface area contributed by atoms with Crippen LogP contribution in [0.1, 0.15) is 20.3 Å². The quantitative estimate of drug-likeness (QED) is 0.684. The maximum atomic E-state index is 13.9. The number of hydrogen-bond donors (Lipinski definition) is 0. The fourth-order valence-corrected chi connectivity index (χ4v) is 1.80. The molecule has 1 aliphatic rings. The molecule has 0 bridgehead atoms. The van der Waals surface area contributed by atoms with Crippen molar-refractivity contribution >= 4 is 0 Å². The molecule has 0 aromatic heterocycles. The van der Waals surface area contributed by atoms with Crippen molar-refractivity contribution in [1.82, 2.24) is 0 Å². The van der Waals surface area contributed by atoms with Gasteiger partial charge in [0.1, 0.15) is 6.67 Å². The molecule has 0 aliphatic carbocycles. The summed E-state index contributed by atoms with van der Waals surface area (Å²) >= 11 is 0. The van der Waals surface area contributed by atoms with E-state index >= 15 is 0 Å². The summed E-state index contributed by atoms with van der Waals surface area (Å²) in [7, 11) is 1.33. The molecule has 0 N–H and O–H groups in total. The van der Waals surface area contributed by atoms with Gasteiger partial charge in [0.2, 0.25) is 0 Å². The van der Waals surface area contributed by atoms with E-state index in [9.17, 15) is 8.78 Å². The smallest absolute Gasteiger partial charge is 0.194 e. The van der Waals surface area contributed by atoms with Crippen LogP contribution in [0.5, 0.6) is 0 Å². The van der Waals surface area contributed by atoms with E-state index in [0.717, 1.165) is 0 Å². The van der Waals surface area contributed by atoms with Crippen molar-refractivity contribution in [2.45, 2.75) is 38.3 Å². The first kappa shape index (κ1) is 10.9. The van der Waals surface area contributed by atoms with Gasteiger partial charge in [-0.3, -0.25) is 0 Å². The number of methoxy groups -OCH3 is 1. The van der Waals surface area contributed by atoms with Gasteiger partial charge in [-0.2, -0.15) is 0 Å². The van der Waals surface area contributed by atoms with Gasteiger partial charge in [-0.05, 0) is 6.42 Å². The Labute approximate surface area is 77.2 Å². The van der Waals surface area contributed by atoms with Crippen LogP contribution in [0.3, 0.4) is 0 Å². The van der Waals surface area contributed by atoms with Crippen LogP contribution in [0.15, 0.2) is 0 Å². The van der Waals surface area contributed by atoms with E-state index in [0.29, 0.717) is 6.42 Å². The van der Waals surface area contributed by atoms with E-state index in [2.05, 4.69) is 0 Å². The van der Waals surface area contributed by atoms with Crippen molar-refractivity contribution < 1.29 is 18.3 Å². The third-order valence-electron chi connectivity index (χ3n) is 2.83. The van der Waals surface area contributed by atoms with Crippen molar-refractivity contribution in [2.24, 2.45) is 5.92 Å². The Morgan fingerprint density at radius 3 is 2.46 bits per heavy atom. The number of ether oxygens (including phenoxy) is 2. The second kappa shape index (κ2) is 3.88. The van der Waals surface area contributed by atoms with Crippen LogP contribution in [-0.2, 0) is 9.47 Å². The predicted molar refractivity (Wildman–Crippen MR) is 44.9 cm³/mol. The van der Waals surface area contributed by atoms with Crippen molar-refractivity contribution in [3.05, 3.63) is 0 Å². The molecule has 1 rings (SSSR count). The average Bonchev–Trinajstić information content (AvgIpc) is 2.41. The Morgan fingerprint density at radius 1 is 1.54 bits per heavy atom. The summed E-state index contributed by atoms with van der Waals surface area (Å²) in [6.07, 6.45) is -0.629. The molecule has 0 aromatic rings. The Hall–Kier alpha value is -0.220. The maximum Gasteiger partial charge on any atom is 0.194 e. The lowest BCUT2D eigenvalue weighted by Gasteiger charge is -2.24. The highest BCUT2D eigenvalue weighted by atomic mass is 19.2. The molecular weight excluding hydrogens is 178 g/mol. The molecular formula is C9H16F2O2. The van der Waals surface area contributed by atoms with E-state index in [1.165, 1.54) is 7.11 Å². The summed E-state index contributed by atoms with van der Waals surface area (Å²) < 4.78 is 36.5. The fourth-order valence-electron chi connectivity index (χ4n) is 1.80. The van der Waals surface area contributed by atoms with Gasteiger partial charge in [0.15, 0.2) is 12.0 Å². The van der Waals surface area contributed by atoms with Crippen LogP contribution in [0.4, 0.5) is 8.78 Å². The minimum Gasteiger partial charge on any atom is -0.353 e. The van der Waals surface area contributed by atoms with Crippen molar-refractivity contribution in [2.75, 3.05) is 13.8 Å². The summed E-state index contributed by atoms with van der Waals surface area (Å²) in [5, 5.41) is 0. The molecule has 4 heteroatoms. The first-order valence-corrected chi connectivity index (χ1v) is 4.53. The zero-order valence-corrected chi connectivity index (χ0v) is 8.22. The lowest BCUT2D eigenvalue weighted by atomic mass is 9.89. The molecule has 1 fully saturated rings. The normalized spacial score (nSPS) is 45.5. The van der Waals surface area contributed by atoms with Crippen molar-refractivity contribution in [3.63, 3.8) is 0 Å². The fraction of sp³-hybridized carbons (Fsp3) is 1.00. The number of alkyl halides is 2. The highest BCUT2D eigenvalue weighted by molar-refractivity contribution is 4.97. The Balaban J connectivity index is 2.80. The highest BCUT2D eigenvalue weighted by Crippen LogP contribution is 2.41. The lowest BCUT2D eigenvalue weighted by molar-refractivity contribution is -0.168. The largest absolute Gasteiger partial charge is 0.353 e. The van der Waals surface area contributed by atoms with E-state index < -0.39 is 24.6 Å². The maximum absolute atomic E-state index is 13.9. The van der Waals surface area contributed by atoms with Gasteiger partial charge >= 0.3 is 0 Å². The van der Waals surface area contributed by atoms with Gasteiger partial charge in [0.05, 0.1) is 6.10 Å². The van der Waals surface area contributed by atoms with Crippen LogP contribution >= 0.6 is 0 Å². The second-order valence-electron chi connectivity index (χ2n) is 3.50. The van der Waals surface area contributed by atoms with Crippen LogP contribution in [0.2, 0.25) is 0 Å². The molecule has 0 spiro atoms. The average molecular weight is 194 g/mol. The summed E-state index contributed by atoms with van der Waals surface area (Å²) in [5.41, 5.74) is -1.98. The number of hydrogen-bond acceptors (Lipinski definition) is 2. The summed E-state index contributed by atoms with van der Waals surface area (Å²) in [6.45, 7) is 2.49. The number of rotatable bonds is 3. The molecule has 1 unspecified atom stereocenters. The summed E-state index contributed by atoms with van der Waals surface area (Å²) in [6, 6.07) is 0. The molecule has 4 atom stereocenters. The SMILES string of the molecule is CC[C@H]1O[C@@H](OC)C(F)(CF)[C@H]1C. The minimum atomic E-state index is -1.98.